The second-order valence-corrected chi connectivity index (χ2v) is 8.30. The summed E-state index contributed by atoms with van der Waals surface area (Å²) in [7, 11) is 0. The highest BCUT2D eigenvalue weighted by atomic mass is 32.2. The fraction of sp³-hybridized carbons (Fsp3) is 0.0833. The molecule has 0 saturated carbocycles. The summed E-state index contributed by atoms with van der Waals surface area (Å²) in [5, 5.41) is 11.5. The zero-order chi connectivity index (χ0) is 23.7. The molecule has 0 aliphatic heterocycles. The average Bonchev–Trinajstić information content (AvgIpc) is 3.29. The highest BCUT2D eigenvalue weighted by molar-refractivity contribution is 8.00. The number of aromatic nitrogens is 4. The molecule has 0 saturated heterocycles. The second-order valence-electron chi connectivity index (χ2n) is 7.33. The van der Waals surface area contributed by atoms with E-state index in [0.717, 1.165) is 28.9 Å². The van der Waals surface area contributed by atoms with Gasteiger partial charge >= 0.3 is 6.18 Å². The molecule has 0 fully saturated rings. The Labute approximate surface area is 195 Å². The molecule has 0 aliphatic rings. The Morgan fingerprint density at radius 3 is 2.41 bits per heavy atom. The predicted octanol–water partition coefficient (Wildman–Crippen LogP) is 5.69. The molecule has 0 unspecified atom stereocenters. The van der Waals surface area contributed by atoms with Crippen molar-refractivity contribution < 1.29 is 18.0 Å². The number of fused-ring (bicyclic) bond motifs is 3. The van der Waals surface area contributed by atoms with E-state index >= 15 is 0 Å². The lowest BCUT2D eigenvalue weighted by Crippen LogP contribution is -2.18. The van der Waals surface area contributed by atoms with Gasteiger partial charge in [-0.1, -0.05) is 66.4 Å². The van der Waals surface area contributed by atoms with Crippen LogP contribution in [0.4, 0.5) is 18.9 Å². The van der Waals surface area contributed by atoms with Gasteiger partial charge in [0.1, 0.15) is 5.03 Å². The first-order valence-electron chi connectivity index (χ1n) is 10.2. The van der Waals surface area contributed by atoms with Gasteiger partial charge < -0.3 is 5.32 Å². The largest absolute Gasteiger partial charge is 0.418 e. The molecule has 0 radical (unpaired) electrons. The molecule has 5 rings (SSSR count). The summed E-state index contributed by atoms with van der Waals surface area (Å²) in [5.41, 5.74) is 1.62. The average molecular weight is 479 g/mol. The molecule has 1 amide bonds. The number of carbonyl (C=O) groups excluding carboxylic acids is 1. The Balaban J connectivity index is 1.47. The third kappa shape index (κ3) is 4.19. The van der Waals surface area contributed by atoms with Crippen LogP contribution in [0.3, 0.4) is 0 Å². The van der Waals surface area contributed by atoms with Crippen molar-refractivity contribution in [1.29, 1.82) is 0 Å². The van der Waals surface area contributed by atoms with Crippen molar-refractivity contribution in [2.45, 2.75) is 11.2 Å². The minimum Gasteiger partial charge on any atom is -0.325 e. The van der Waals surface area contributed by atoms with Gasteiger partial charge in [0, 0.05) is 5.56 Å². The smallest absolute Gasteiger partial charge is 0.325 e. The van der Waals surface area contributed by atoms with Gasteiger partial charge in [0.2, 0.25) is 5.91 Å². The fourth-order valence-corrected chi connectivity index (χ4v) is 4.35. The SMILES string of the molecule is O=C(CSc1nc2ccccc2n2c(-c3ccccc3)nnc12)Nc1ccccc1C(F)(F)F. The van der Waals surface area contributed by atoms with E-state index in [9.17, 15) is 18.0 Å². The maximum atomic E-state index is 13.2. The van der Waals surface area contributed by atoms with Crippen LogP contribution in [-0.4, -0.2) is 31.2 Å². The highest BCUT2D eigenvalue weighted by Gasteiger charge is 2.33. The Bertz CT molecular complexity index is 1500. The molecule has 2 heterocycles. The monoisotopic (exact) mass is 479 g/mol. The summed E-state index contributed by atoms with van der Waals surface area (Å²) in [6.07, 6.45) is -4.57. The van der Waals surface area contributed by atoms with Crippen LogP contribution in [0.25, 0.3) is 28.1 Å². The lowest BCUT2D eigenvalue weighted by Gasteiger charge is -2.13. The lowest BCUT2D eigenvalue weighted by molar-refractivity contribution is -0.137. The molecule has 1 N–H and O–H groups in total. The van der Waals surface area contributed by atoms with Crippen LogP contribution < -0.4 is 5.32 Å². The molecule has 6 nitrogen and oxygen atoms in total. The molecule has 0 spiro atoms. The number of nitrogens with one attached hydrogen (secondary N) is 1. The van der Waals surface area contributed by atoms with Crippen LogP contribution in [0.15, 0.2) is 83.9 Å². The van der Waals surface area contributed by atoms with Gasteiger partial charge in [-0.25, -0.2) is 4.98 Å². The van der Waals surface area contributed by atoms with E-state index in [1.165, 1.54) is 18.2 Å². The minimum absolute atomic E-state index is 0.152. The van der Waals surface area contributed by atoms with E-state index in [2.05, 4.69) is 20.5 Å². The van der Waals surface area contributed by atoms with Crippen LogP contribution in [0.1, 0.15) is 5.56 Å². The van der Waals surface area contributed by atoms with Crippen molar-refractivity contribution in [3.8, 4) is 11.4 Å². The summed E-state index contributed by atoms with van der Waals surface area (Å²) in [5.74, 6) is -0.113. The number of halogens is 3. The Morgan fingerprint density at radius 2 is 1.62 bits per heavy atom. The molecular formula is C24H16F3N5OS. The normalized spacial score (nSPS) is 11.7. The van der Waals surface area contributed by atoms with Gasteiger partial charge in [-0.05, 0) is 24.3 Å². The fourth-order valence-electron chi connectivity index (χ4n) is 3.59. The van der Waals surface area contributed by atoms with Gasteiger partial charge in [-0.2, -0.15) is 13.2 Å². The van der Waals surface area contributed by atoms with E-state index in [4.69, 9.17) is 0 Å². The molecule has 10 heteroatoms. The lowest BCUT2D eigenvalue weighted by atomic mass is 10.1. The van der Waals surface area contributed by atoms with Gasteiger partial charge in [0.05, 0.1) is 28.0 Å². The number of nitrogens with zero attached hydrogens (tertiary/aromatic N) is 4. The van der Waals surface area contributed by atoms with Crippen molar-refractivity contribution >= 4 is 40.0 Å². The third-order valence-electron chi connectivity index (χ3n) is 5.08. The number of amides is 1. The number of anilines is 1. The van der Waals surface area contributed by atoms with E-state index in [0.29, 0.717) is 22.0 Å². The predicted molar refractivity (Wildman–Crippen MR) is 125 cm³/mol. The van der Waals surface area contributed by atoms with Crippen LogP contribution in [0.5, 0.6) is 0 Å². The van der Waals surface area contributed by atoms with Crippen molar-refractivity contribution in [2.24, 2.45) is 0 Å². The molecule has 170 valence electrons. The van der Waals surface area contributed by atoms with Gasteiger partial charge in [0.25, 0.3) is 0 Å². The third-order valence-corrected chi connectivity index (χ3v) is 6.03. The zero-order valence-corrected chi connectivity index (χ0v) is 18.3. The number of alkyl halides is 3. The maximum Gasteiger partial charge on any atom is 0.418 e. The molecule has 0 bridgehead atoms. The standard InChI is InChI=1S/C24H16F3N5OS/c25-24(26,27)16-10-4-5-11-17(16)28-20(33)14-34-23-22-31-30-21(15-8-2-1-3-9-15)32(22)19-13-7-6-12-18(19)29-23/h1-13H,14H2,(H,28,33). The first-order chi connectivity index (χ1) is 16.4. The van der Waals surface area contributed by atoms with E-state index in [1.807, 2.05) is 59.0 Å². The molecule has 2 aromatic heterocycles. The first-order valence-corrected chi connectivity index (χ1v) is 11.2. The number of para-hydroxylation sites is 3. The Morgan fingerprint density at radius 1 is 0.912 bits per heavy atom. The van der Waals surface area contributed by atoms with Crippen molar-refractivity contribution in [2.75, 3.05) is 11.1 Å². The number of rotatable bonds is 5. The quantitative estimate of drug-likeness (QED) is 0.328. The van der Waals surface area contributed by atoms with Crippen molar-refractivity contribution in [3.05, 3.63) is 84.4 Å². The van der Waals surface area contributed by atoms with E-state index in [1.54, 1.807) is 0 Å². The molecule has 3 aromatic carbocycles. The van der Waals surface area contributed by atoms with E-state index in [-0.39, 0.29) is 11.4 Å². The van der Waals surface area contributed by atoms with Crippen LogP contribution in [0, 0.1) is 0 Å². The Hall–Kier alpha value is -3.92. The summed E-state index contributed by atoms with van der Waals surface area (Å²) >= 11 is 1.09. The number of carbonyl (C=O) groups is 1. The zero-order valence-electron chi connectivity index (χ0n) is 17.5. The number of thioether (sulfide) groups is 1. The molecule has 0 atom stereocenters. The number of hydrogen-bond acceptors (Lipinski definition) is 5. The van der Waals surface area contributed by atoms with Crippen LogP contribution in [0.2, 0.25) is 0 Å². The molecule has 0 aliphatic carbocycles. The van der Waals surface area contributed by atoms with Crippen molar-refractivity contribution in [3.63, 3.8) is 0 Å². The summed E-state index contributed by atoms with van der Waals surface area (Å²) < 4.78 is 41.6. The summed E-state index contributed by atoms with van der Waals surface area (Å²) in [6.45, 7) is 0. The number of benzene rings is 3. The molecule has 5 aromatic rings. The second kappa shape index (κ2) is 8.79. The van der Waals surface area contributed by atoms with Crippen LogP contribution in [-0.2, 0) is 11.0 Å². The van der Waals surface area contributed by atoms with Gasteiger partial charge in [-0.3, -0.25) is 9.20 Å². The van der Waals surface area contributed by atoms with Crippen LogP contribution >= 0.6 is 11.8 Å². The Kier molecular flexibility index (Phi) is 5.66. The van der Waals surface area contributed by atoms with Gasteiger partial charge in [0.15, 0.2) is 11.5 Å². The van der Waals surface area contributed by atoms with E-state index < -0.39 is 17.6 Å². The molecular weight excluding hydrogens is 463 g/mol. The minimum atomic E-state index is -4.57. The summed E-state index contributed by atoms with van der Waals surface area (Å²) in [6, 6.07) is 21.9. The maximum absolute atomic E-state index is 13.2. The van der Waals surface area contributed by atoms with Crippen molar-refractivity contribution in [1.82, 2.24) is 19.6 Å². The first kappa shape index (κ1) is 21.9. The topological polar surface area (TPSA) is 72.2 Å². The summed E-state index contributed by atoms with van der Waals surface area (Å²) in [4.78, 5) is 17.1. The molecule has 34 heavy (non-hydrogen) atoms. The number of hydrogen-bond donors (Lipinski definition) is 1. The van der Waals surface area contributed by atoms with Gasteiger partial charge in [-0.15, -0.1) is 10.2 Å². The highest BCUT2D eigenvalue weighted by Crippen LogP contribution is 2.35.